The number of fused-ring (bicyclic) bond motifs is 1. The molecule has 0 amide bonds. The van der Waals surface area contributed by atoms with Gasteiger partial charge >= 0.3 is 29.6 Å². The number of rotatable bonds is 4. The topological polar surface area (TPSA) is 71.5 Å². The first-order valence-electron chi connectivity index (χ1n) is 4.58. The van der Waals surface area contributed by atoms with E-state index in [1.54, 1.807) is 18.3 Å². The molecule has 5 nitrogen and oxygen atoms in total. The third kappa shape index (κ3) is 4.07. The van der Waals surface area contributed by atoms with E-state index >= 15 is 0 Å². The maximum atomic E-state index is 10.2. The standard InChI is InChI=1S/C10H10NO4P.Na/c12-16(13)15-7-14-9-5-1-3-8-4-2-6-11-10(8)9;/h1-6,16H,7H2,(H,12,13);/q;+1/p-1. The minimum absolute atomic E-state index is 0. The van der Waals surface area contributed by atoms with Gasteiger partial charge in [-0.05, 0) is 12.1 Å². The van der Waals surface area contributed by atoms with Gasteiger partial charge in [-0.15, -0.1) is 0 Å². The molecule has 0 radical (unpaired) electrons. The second kappa shape index (κ2) is 7.11. The van der Waals surface area contributed by atoms with E-state index in [-0.39, 0.29) is 36.4 Å². The van der Waals surface area contributed by atoms with E-state index in [4.69, 9.17) is 4.74 Å². The number of aromatic nitrogens is 1. The summed E-state index contributed by atoms with van der Waals surface area (Å²) in [6.45, 7) is -0.322. The zero-order valence-corrected chi connectivity index (χ0v) is 12.3. The molecule has 1 aromatic heterocycles. The van der Waals surface area contributed by atoms with Crippen molar-refractivity contribution in [3.05, 3.63) is 36.5 Å². The zero-order chi connectivity index (χ0) is 11.4. The van der Waals surface area contributed by atoms with E-state index in [1.165, 1.54) is 0 Å². The van der Waals surface area contributed by atoms with Gasteiger partial charge in [0.15, 0.2) is 6.79 Å². The number of benzene rings is 1. The summed E-state index contributed by atoms with van der Waals surface area (Å²) in [5.41, 5.74) is 0.680. The van der Waals surface area contributed by atoms with Crippen molar-refractivity contribution in [1.29, 1.82) is 0 Å². The second-order valence-corrected chi connectivity index (χ2v) is 3.78. The Kier molecular flexibility index (Phi) is 6.12. The number of hydrogen-bond donors (Lipinski definition) is 0. The van der Waals surface area contributed by atoms with Crippen LogP contribution in [-0.4, -0.2) is 11.8 Å². The summed E-state index contributed by atoms with van der Waals surface area (Å²) in [5, 5.41) is 0.926. The molecule has 1 unspecified atom stereocenters. The van der Waals surface area contributed by atoms with Gasteiger partial charge in [-0.1, -0.05) is 18.2 Å². The van der Waals surface area contributed by atoms with Crippen LogP contribution in [-0.2, 0) is 9.09 Å². The summed E-state index contributed by atoms with van der Waals surface area (Å²) in [6, 6.07) is 9.12. The Balaban J connectivity index is 0.00000144. The van der Waals surface area contributed by atoms with Crippen molar-refractivity contribution in [3.8, 4) is 5.75 Å². The van der Waals surface area contributed by atoms with Gasteiger partial charge in [0.2, 0.25) is 0 Å². The van der Waals surface area contributed by atoms with Crippen molar-refractivity contribution < 1.29 is 48.3 Å². The molecule has 0 aliphatic carbocycles. The Bertz CT molecular complexity index is 517. The van der Waals surface area contributed by atoms with E-state index in [9.17, 15) is 9.46 Å². The van der Waals surface area contributed by atoms with Gasteiger partial charge in [0.25, 0.3) is 0 Å². The average molecular weight is 261 g/mol. The molecule has 2 rings (SSSR count). The first-order valence-corrected chi connectivity index (χ1v) is 5.80. The van der Waals surface area contributed by atoms with Crippen molar-refractivity contribution in [2.45, 2.75) is 0 Å². The second-order valence-electron chi connectivity index (χ2n) is 2.99. The van der Waals surface area contributed by atoms with E-state index in [0.29, 0.717) is 11.3 Å². The van der Waals surface area contributed by atoms with E-state index in [0.717, 1.165) is 5.39 Å². The SMILES string of the molecule is O=[PH]([O-])OCOc1cccc2cccnc12.[Na+]. The van der Waals surface area contributed by atoms with Gasteiger partial charge < -0.3 is 18.7 Å². The van der Waals surface area contributed by atoms with Gasteiger partial charge in [-0.2, -0.15) is 0 Å². The molecule has 2 aromatic rings. The molecular weight excluding hydrogens is 252 g/mol. The van der Waals surface area contributed by atoms with Crippen LogP contribution in [0.1, 0.15) is 0 Å². The molecule has 17 heavy (non-hydrogen) atoms. The summed E-state index contributed by atoms with van der Waals surface area (Å²) in [7, 11) is -3.20. The maximum Gasteiger partial charge on any atom is 1.00 e. The molecule has 0 bridgehead atoms. The molecule has 0 saturated heterocycles. The first kappa shape index (κ1) is 14.6. The number of nitrogens with zero attached hydrogens (tertiary/aromatic N) is 1. The Morgan fingerprint density at radius 2 is 2.06 bits per heavy atom. The van der Waals surface area contributed by atoms with Gasteiger partial charge in [0, 0.05) is 11.6 Å². The van der Waals surface area contributed by atoms with Crippen LogP contribution >= 0.6 is 8.25 Å². The Morgan fingerprint density at radius 1 is 1.29 bits per heavy atom. The van der Waals surface area contributed by atoms with Gasteiger partial charge in [-0.25, -0.2) is 0 Å². The smallest absolute Gasteiger partial charge is 0.781 e. The van der Waals surface area contributed by atoms with Crippen LogP contribution in [0.15, 0.2) is 36.5 Å². The number of para-hydroxylation sites is 1. The van der Waals surface area contributed by atoms with Crippen molar-refractivity contribution in [1.82, 2.24) is 4.98 Å². The Hall–Kier alpha value is -0.420. The largest absolute Gasteiger partial charge is 1.00 e. The van der Waals surface area contributed by atoms with Gasteiger partial charge in [0.05, 0.1) is 0 Å². The number of hydrogen-bond acceptors (Lipinski definition) is 5. The Labute approximate surface area is 121 Å². The number of pyridine rings is 1. The molecule has 0 fully saturated rings. The van der Waals surface area contributed by atoms with Crippen molar-refractivity contribution >= 4 is 19.2 Å². The molecule has 1 heterocycles. The van der Waals surface area contributed by atoms with E-state index < -0.39 is 8.25 Å². The van der Waals surface area contributed by atoms with Crippen LogP contribution in [0.5, 0.6) is 5.75 Å². The molecule has 1 atom stereocenters. The quantitative estimate of drug-likeness (QED) is 0.374. The van der Waals surface area contributed by atoms with Crippen molar-refractivity contribution in [2.24, 2.45) is 0 Å². The molecule has 7 heteroatoms. The summed E-state index contributed by atoms with van der Waals surface area (Å²) in [6.07, 6.45) is 1.65. The fourth-order valence-electron chi connectivity index (χ4n) is 1.33. The van der Waals surface area contributed by atoms with E-state index in [2.05, 4.69) is 9.51 Å². The molecule has 0 aliphatic heterocycles. The number of ether oxygens (including phenoxy) is 1. The summed E-state index contributed by atoms with van der Waals surface area (Å²) >= 11 is 0. The molecule has 0 aliphatic rings. The van der Waals surface area contributed by atoms with Crippen LogP contribution in [0.3, 0.4) is 0 Å². The molecule has 0 spiro atoms. The summed E-state index contributed by atoms with van der Waals surface area (Å²) in [4.78, 5) is 14.4. The fraction of sp³-hybridized carbons (Fsp3) is 0.100. The third-order valence-electron chi connectivity index (χ3n) is 1.99. The van der Waals surface area contributed by atoms with Crippen LogP contribution < -0.4 is 39.2 Å². The first-order chi connectivity index (χ1) is 7.77. The third-order valence-corrected chi connectivity index (χ3v) is 2.34. The molecular formula is C10H9NNaO4P. The van der Waals surface area contributed by atoms with Crippen LogP contribution in [0.2, 0.25) is 0 Å². The Morgan fingerprint density at radius 3 is 2.82 bits per heavy atom. The molecule has 0 saturated carbocycles. The minimum Gasteiger partial charge on any atom is -0.781 e. The van der Waals surface area contributed by atoms with Crippen LogP contribution in [0, 0.1) is 0 Å². The van der Waals surface area contributed by atoms with E-state index in [1.807, 2.05) is 18.2 Å². The molecule has 84 valence electrons. The van der Waals surface area contributed by atoms with Gasteiger partial charge in [-0.3, -0.25) is 4.98 Å². The molecule has 1 aromatic carbocycles. The normalized spacial score (nSPS) is 11.8. The maximum absolute atomic E-state index is 10.2. The van der Waals surface area contributed by atoms with Crippen molar-refractivity contribution in [3.63, 3.8) is 0 Å². The predicted molar refractivity (Wildman–Crippen MR) is 57.3 cm³/mol. The van der Waals surface area contributed by atoms with Crippen LogP contribution in [0.4, 0.5) is 0 Å². The summed E-state index contributed by atoms with van der Waals surface area (Å²) in [5.74, 6) is 0.501. The minimum atomic E-state index is -3.20. The average Bonchev–Trinajstić information content (AvgIpc) is 2.29. The molecule has 0 N–H and O–H groups in total. The zero-order valence-electron chi connectivity index (χ0n) is 9.25. The predicted octanol–water partition coefficient (Wildman–Crippen LogP) is -1.66. The summed E-state index contributed by atoms with van der Waals surface area (Å²) < 4.78 is 19.7. The fourth-order valence-corrected chi connectivity index (χ4v) is 1.49. The van der Waals surface area contributed by atoms with Crippen LogP contribution in [0.25, 0.3) is 10.9 Å². The van der Waals surface area contributed by atoms with Gasteiger partial charge in [0.1, 0.15) is 19.5 Å². The monoisotopic (exact) mass is 261 g/mol. The van der Waals surface area contributed by atoms with Crippen molar-refractivity contribution in [2.75, 3.05) is 6.79 Å².